The Kier molecular flexibility index (Phi) is 6.10. The van der Waals surface area contributed by atoms with Crippen LogP contribution in [0.25, 0.3) is 0 Å². The van der Waals surface area contributed by atoms with Gasteiger partial charge >= 0.3 is 0 Å². The van der Waals surface area contributed by atoms with E-state index in [2.05, 4.69) is 21.0 Å². The summed E-state index contributed by atoms with van der Waals surface area (Å²) in [4.78, 5) is 36.3. The Hall–Kier alpha value is -2.42. The zero-order valence-electron chi connectivity index (χ0n) is 15.8. The van der Waals surface area contributed by atoms with Crippen LogP contribution in [0.15, 0.2) is 6.20 Å². The van der Waals surface area contributed by atoms with Gasteiger partial charge in [0, 0.05) is 38.9 Å². The van der Waals surface area contributed by atoms with E-state index in [4.69, 9.17) is 4.74 Å². The molecular formula is C18H27N5O4. The summed E-state index contributed by atoms with van der Waals surface area (Å²) in [7, 11) is 3.33. The van der Waals surface area contributed by atoms with Gasteiger partial charge in [-0.2, -0.15) is 5.10 Å². The largest absolute Gasteiger partial charge is 0.378 e. The van der Waals surface area contributed by atoms with Gasteiger partial charge in [-0.15, -0.1) is 0 Å². The van der Waals surface area contributed by atoms with Gasteiger partial charge < -0.3 is 20.7 Å². The Morgan fingerprint density at radius 3 is 2.74 bits per heavy atom. The Balaban J connectivity index is 1.50. The van der Waals surface area contributed by atoms with Crippen LogP contribution in [0.4, 0.5) is 0 Å². The van der Waals surface area contributed by atoms with Gasteiger partial charge in [-0.3, -0.25) is 19.1 Å². The minimum atomic E-state index is -0.438. The van der Waals surface area contributed by atoms with Gasteiger partial charge in [-0.1, -0.05) is 0 Å². The molecular weight excluding hydrogens is 350 g/mol. The molecule has 0 spiro atoms. The second kappa shape index (κ2) is 8.51. The van der Waals surface area contributed by atoms with Gasteiger partial charge in [0.1, 0.15) is 11.7 Å². The van der Waals surface area contributed by atoms with Gasteiger partial charge in [0.05, 0.1) is 12.2 Å². The van der Waals surface area contributed by atoms with Crippen LogP contribution in [-0.4, -0.2) is 52.7 Å². The zero-order valence-corrected chi connectivity index (χ0v) is 15.8. The fraction of sp³-hybridized carbons (Fsp3) is 0.667. The van der Waals surface area contributed by atoms with Crippen LogP contribution in [-0.2, 0) is 28.0 Å². The molecule has 9 heteroatoms. The van der Waals surface area contributed by atoms with Crippen LogP contribution in [0, 0.1) is 0 Å². The Bertz CT molecular complexity index is 717. The van der Waals surface area contributed by atoms with E-state index in [1.807, 2.05) is 0 Å². The van der Waals surface area contributed by atoms with E-state index in [-0.39, 0.29) is 36.4 Å². The van der Waals surface area contributed by atoms with E-state index in [0.29, 0.717) is 30.5 Å². The summed E-state index contributed by atoms with van der Waals surface area (Å²) in [6.07, 6.45) is 5.86. The monoisotopic (exact) mass is 377 g/mol. The number of ether oxygens (including phenoxy) is 1. The first-order chi connectivity index (χ1) is 13.0. The van der Waals surface area contributed by atoms with Crippen LogP contribution in [0.1, 0.15) is 54.6 Å². The number of methoxy groups -OCH3 is 1. The van der Waals surface area contributed by atoms with Crippen LogP contribution >= 0.6 is 0 Å². The molecule has 27 heavy (non-hydrogen) atoms. The van der Waals surface area contributed by atoms with Crippen molar-refractivity contribution in [1.82, 2.24) is 25.7 Å². The number of aryl methyl sites for hydroxylation is 1. The molecule has 2 aliphatic rings. The summed E-state index contributed by atoms with van der Waals surface area (Å²) in [6.45, 7) is 0.278. The number of hydrogen-bond acceptors (Lipinski definition) is 5. The average molecular weight is 377 g/mol. The van der Waals surface area contributed by atoms with Crippen molar-refractivity contribution in [3.63, 3.8) is 0 Å². The second-order valence-corrected chi connectivity index (χ2v) is 7.30. The molecule has 1 aliphatic carbocycles. The fourth-order valence-electron chi connectivity index (χ4n) is 3.78. The normalized spacial score (nSPS) is 25.1. The number of carbonyl (C=O) groups is 3. The topological polar surface area (TPSA) is 114 Å². The van der Waals surface area contributed by atoms with Gasteiger partial charge in [0.25, 0.3) is 5.91 Å². The maximum absolute atomic E-state index is 12.6. The Morgan fingerprint density at radius 1 is 1.30 bits per heavy atom. The van der Waals surface area contributed by atoms with E-state index in [0.717, 1.165) is 19.3 Å². The minimum Gasteiger partial charge on any atom is -0.378 e. The predicted octanol–water partition coefficient (Wildman–Crippen LogP) is 0.00230. The molecule has 2 fully saturated rings. The van der Waals surface area contributed by atoms with Crippen LogP contribution < -0.4 is 16.0 Å². The summed E-state index contributed by atoms with van der Waals surface area (Å²) >= 11 is 0. The summed E-state index contributed by atoms with van der Waals surface area (Å²) < 4.78 is 6.69. The van der Waals surface area contributed by atoms with Crippen LogP contribution in [0.2, 0.25) is 0 Å². The molecule has 1 saturated carbocycles. The molecule has 3 amide bonds. The van der Waals surface area contributed by atoms with Crippen molar-refractivity contribution in [3.8, 4) is 0 Å². The number of amides is 3. The molecule has 3 N–H and O–H groups in total. The average Bonchev–Trinajstić information content (AvgIpc) is 3.21. The lowest BCUT2D eigenvalue weighted by Crippen LogP contribution is -2.51. The van der Waals surface area contributed by atoms with Gasteiger partial charge in [-0.25, -0.2) is 0 Å². The number of rotatable bonds is 6. The highest BCUT2D eigenvalue weighted by Gasteiger charge is 2.31. The Morgan fingerprint density at radius 2 is 2.04 bits per heavy atom. The number of nitrogens with one attached hydrogen (secondary N) is 3. The molecule has 1 aromatic rings. The first-order valence-electron chi connectivity index (χ1n) is 9.38. The van der Waals surface area contributed by atoms with E-state index in [1.165, 1.54) is 0 Å². The summed E-state index contributed by atoms with van der Waals surface area (Å²) in [6, 6.07) is -0.430. The number of hydrogen-bond donors (Lipinski definition) is 3. The maximum Gasteiger partial charge on any atom is 0.255 e. The standard InChI is InChI=1S/C18H27N5O4/c1-23-9-13(15(22-23)10-27-2)17(25)19-11-6-7-12(8-11)20-18(26)14-4-3-5-16(24)21-14/h9,11-12,14H,3-8,10H2,1-2H3,(H,19,25)(H,20,26)(H,21,24)/t11-,12+,14-/m1/s1. The third-order valence-corrected chi connectivity index (χ3v) is 5.09. The van der Waals surface area contributed by atoms with Gasteiger partial charge in [0.2, 0.25) is 11.8 Å². The molecule has 3 rings (SSSR count). The first kappa shape index (κ1) is 19.3. The molecule has 9 nitrogen and oxygen atoms in total. The van der Waals surface area contributed by atoms with Crippen LogP contribution in [0.3, 0.4) is 0 Å². The highest BCUT2D eigenvalue weighted by molar-refractivity contribution is 5.95. The molecule has 0 unspecified atom stereocenters. The van der Waals surface area contributed by atoms with E-state index < -0.39 is 6.04 Å². The molecule has 1 aliphatic heterocycles. The van der Waals surface area contributed by atoms with Crippen molar-refractivity contribution in [1.29, 1.82) is 0 Å². The van der Waals surface area contributed by atoms with Gasteiger partial charge in [-0.05, 0) is 32.1 Å². The second-order valence-electron chi connectivity index (χ2n) is 7.30. The van der Waals surface area contributed by atoms with Crippen LogP contribution in [0.5, 0.6) is 0 Å². The molecule has 0 aromatic carbocycles. The molecule has 0 radical (unpaired) electrons. The number of piperidine rings is 1. The number of aromatic nitrogens is 2. The lowest BCUT2D eigenvalue weighted by Gasteiger charge is -2.24. The summed E-state index contributed by atoms with van der Waals surface area (Å²) in [5.74, 6) is -0.373. The SMILES string of the molecule is COCc1nn(C)cc1C(=O)N[C@@H]1CC[C@H](NC(=O)[C@H]2CCCC(=O)N2)C1. The summed E-state index contributed by atoms with van der Waals surface area (Å²) in [5.41, 5.74) is 1.12. The Labute approximate surface area is 158 Å². The third kappa shape index (κ3) is 4.85. The van der Waals surface area contributed by atoms with E-state index >= 15 is 0 Å². The highest BCUT2D eigenvalue weighted by Crippen LogP contribution is 2.21. The molecule has 1 saturated heterocycles. The number of nitrogens with zero attached hydrogens (tertiary/aromatic N) is 2. The van der Waals surface area contributed by atoms with Crippen molar-refractivity contribution < 1.29 is 19.1 Å². The molecule has 2 heterocycles. The first-order valence-corrected chi connectivity index (χ1v) is 9.38. The fourth-order valence-corrected chi connectivity index (χ4v) is 3.78. The lowest BCUT2D eigenvalue weighted by atomic mass is 10.0. The zero-order chi connectivity index (χ0) is 19.4. The molecule has 3 atom stereocenters. The maximum atomic E-state index is 12.6. The quantitative estimate of drug-likeness (QED) is 0.646. The van der Waals surface area contributed by atoms with Crippen molar-refractivity contribution in [2.45, 2.75) is 63.3 Å². The number of carbonyl (C=O) groups excluding carboxylic acids is 3. The summed E-state index contributed by atoms with van der Waals surface area (Å²) in [5, 5.41) is 13.0. The lowest BCUT2D eigenvalue weighted by molar-refractivity contribution is -0.131. The van der Waals surface area contributed by atoms with Gasteiger partial charge in [0.15, 0.2) is 0 Å². The predicted molar refractivity (Wildman–Crippen MR) is 96.7 cm³/mol. The van der Waals surface area contributed by atoms with Crippen molar-refractivity contribution in [2.75, 3.05) is 7.11 Å². The smallest absolute Gasteiger partial charge is 0.255 e. The highest BCUT2D eigenvalue weighted by atomic mass is 16.5. The van der Waals surface area contributed by atoms with E-state index in [1.54, 1.807) is 25.0 Å². The molecule has 1 aromatic heterocycles. The van der Waals surface area contributed by atoms with Crippen molar-refractivity contribution >= 4 is 17.7 Å². The van der Waals surface area contributed by atoms with Crippen molar-refractivity contribution in [3.05, 3.63) is 17.5 Å². The van der Waals surface area contributed by atoms with Crippen molar-refractivity contribution in [2.24, 2.45) is 7.05 Å². The third-order valence-electron chi connectivity index (χ3n) is 5.09. The molecule has 148 valence electrons. The molecule has 0 bridgehead atoms. The minimum absolute atomic E-state index is 0.000604. The van der Waals surface area contributed by atoms with E-state index in [9.17, 15) is 14.4 Å².